The highest BCUT2D eigenvalue weighted by molar-refractivity contribution is 6.21. The highest BCUT2D eigenvalue weighted by Crippen LogP contribution is 2.26. The quantitative estimate of drug-likeness (QED) is 0.565. The van der Waals surface area contributed by atoms with Crippen LogP contribution in [0, 0.1) is 17.5 Å². The van der Waals surface area contributed by atoms with E-state index in [1.54, 1.807) is 4.90 Å². The van der Waals surface area contributed by atoms with Crippen molar-refractivity contribution in [3.8, 4) is 0 Å². The van der Waals surface area contributed by atoms with E-state index in [1.807, 2.05) is 30.3 Å². The molecular formula is C22H20F3N3O4. The van der Waals surface area contributed by atoms with Crippen molar-refractivity contribution < 1.29 is 32.3 Å². The van der Waals surface area contributed by atoms with Crippen molar-refractivity contribution in [1.29, 1.82) is 0 Å². The van der Waals surface area contributed by atoms with Crippen LogP contribution in [-0.2, 0) is 14.3 Å². The Morgan fingerprint density at radius 1 is 1.09 bits per heavy atom. The molecule has 7 nitrogen and oxygen atoms in total. The summed E-state index contributed by atoms with van der Waals surface area (Å²) < 4.78 is 46.0. The van der Waals surface area contributed by atoms with Gasteiger partial charge >= 0.3 is 6.03 Å². The minimum Gasteiger partial charge on any atom is -0.370 e. The van der Waals surface area contributed by atoms with E-state index in [9.17, 15) is 27.6 Å². The molecule has 0 aliphatic carbocycles. The summed E-state index contributed by atoms with van der Waals surface area (Å²) in [4.78, 5) is 39.7. The van der Waals surface area contributed by atoms with Crippen molar-refractivity contribution >= 4 is 23.5 Å². The lowest BCUT2D eigenvalue weighted by atomic mass is 10.1. The summed E-state index contributed by atoms with van der Waals surface area (Å²) in [6, 6.07) is 8.71. The van der Waals surface area contributed by atoms with Gasteiger partial charge in [0, 0.05) is 25.1 Å². The van der Waals surface area contributed by atoms with Crippen LogP contribution in [0.1, 0.15) is 24.5 Å². The number of nitrogens with zero attached hydrogens (tertiary/aromatic N) is 2. The molecule has 2 fully saturated rings. The fourth-order valence-corrected chi connectivity index (χ4v) is 3.81. The number of carbonyl (C=O) groups excluding carboxylic acids is 3. The Labute approximate surface area is 181 Å². The number of hydrogen-bond donors (Lipinski definition) is 1. The molecule has 10 heteroatoms. The van der Waals surface area contributed by atoms with Gasteiger partial charge in [0.25, 0.3) is 5.91 Å². The van der Waals surface area contributed by atoms with Crippen molar-refractivity contribution in [2.24, 2.45) is 0 Å². The third-order valence-corrected chi connectivity index (χ3v) is 5.48. The second kappa shape index (κ2) is 8.99. The molecule has 0 spiro atoms. The van der Waals surface area contributed by atoms with Crippen molar-refractivity contribution in [3.05, 3.63) is 65.5 Å². The maximum Gasteiger partial charge on any atom is 0.329 e. The summed E-state index contributed by atoms with van der Waals surface area (Å²) in [5.41, 5.74) is 0.536. The summed E-state index contributed by atoms with van der Waals surface area (Å²) in [6.45, 7) is 1.15. The molecule has 2 saturated heterocycles. The van der Waals surface area contributed by atoms with Crippen LogP contribution < -0.4 is 10.2 Å². The summed E-state index contributed by atoms with van der Waals surface area (Å²) in [5, 5.41) is 2.40. The van der Waals surface area contributed by atoms with E-state index in [-0.39, 0.29) is 24.9 Å². The highest BCUT2D eigenvalue weighted by Gasteiger charge is 2.40. The number of anilines is 1. The van der Waals surface area contributed by atoms with Gasteiger partial charge < -0.3 is 15.0 Å². The number of benzene rings is 2. The van der Waals surface area contributed by atoms with Gasteiger partial charge in [-0.15, -0.1) is 0 Å². The average molecular weight is 447 g/mol. The Balaban J connectivity index is 1.37. The summed E-state index contributed by atoms with van der Waals surface area (Å²) >= 11 is 0. The molecule has 2 atom stereocenters. The number of amides is 4. The number of rotatable bonds is 5. The lowest BCUT2D eigenvalue weighted by Crippen LogP contribution is -2.43. The zero-order valence-corrected chi connectivity index (χ0v) is 16.9. The van der Waals surface area contributed by atoms with Gasteiger partial charge in [0.1, 0.15) is 12.1 Å². The number of halogens is 3. The Kier molecular flexibility index (Phi) is 6.13. The molecule has 0 radical (unpaired) electrons. The van der Waals surface area contributed by atoms with E-state index in [0.717, 1.165) is 5.56 Å². The monoisotopic (exact) mass is 447 g/mol. The van der Waals surface area contributed by atoms with E-state index in [2.05, 4.69) is 5.32 Å². The van der Waals surface area contributed by atoms with E-state index in [0.29, 0.717) is 36.7 Å². The van der Waals surface area contributed by atoms with Crippen LogP contribution in [0.4, 0.5) is 23.7 Å². The van der Waals surface area contributed by atoms with E-state index in [1.165, 1.54) is 0 Å². The fraction of sp³-hybridized carbons (Fsp3) is 0.318. The molecule has 4 amide bonds. The molecule has 0 bridgehead atoms. The molecule has 2 aromatic rings. The Morgan fingerprint density at radius 3 is 2.47 bits per heavy atom. The summed E-state index contributed by atoms with van der Waals surface area (Å²) in [7, 11) is 0. The molecule has 2 aliphatic rings. The topological polar surface area (TPSA) is 79.0 Å². The van der Waals surface area contributed by atoms with Gasteiger partial charge in [0.2, 0.25) is 5.91 Å². The molecule has 0 saturated carbocycles. The van der Waals surface area contributed by atoms with Crippen LogP contribution in [0.15, 0.2) is 42.5 Å². The number of ether oxygens (including phenoxy) is 1. The number of carbonyl (C=O) groups is 3. The molecular weight excluding hydrogens is 427 g/mol. The standard InChI is InChI=1S/C22H20F3N3O4/c23-15-10-14(11-16(24)20(15)25)28-21(30)17(26-22(28)31)6-7-19(29)27-8-9-32-18(12-27)13-4-2-1-3-5-13/h1-5,10-11,17-18H,6-9,12H2,(H,26,31)/t17-,18-/m0/s1. The molecule has 1 N–H and O–H groups in total. The van der Waals surface area contributed by atoms with Gasteiger partial charge in [0.05, 0.1) is 18.8 Å². The SMILES string of the molecule is O=C(CC[C@@H]1NC(=O)N(c2cc(F)c(F)c(F)c2)C1=O)N1CCO[C@H](c2ccccc2)C1. The second-order valence-electron chi connectivity index (χ2n) is 7.55. The molecule has 0 aromatic heterocycles. The van der Waals surface area contributed by atoms with Crippen LogP contribution in [0.25, 0.3) is 0 Å². The zero-order valence-electron chi connectivity index (χ0n) is 16.9. The third-order valence-electron chi connectivity index (χ3n) is 5.48. The van der Waals surface area contributed by atoms with Gasteiger partial charge in [-0.25, -0.2) is 22.9 Å². The lowest BCUT2D eigenvalue weighted by Gasteiger charge is -2.33. The van der Waals surface area contributed by atoms with Crippen LogP contribution in [0.2, 0.25) is 0 Å². The number of morpholine rings is 1. The average Bonchev–Trinajstić information content (AvgIpc) is 3.09. The first-order valence-corrected chi connectivity index (χ1v) is 10.1. The first-order valence-electron chi connectivity index (χ1n) is 10.1. The Bertz CT molecular complexity index is 1030. The van der Waals surface area contributed by atoms with Gasteiger partial charge in [-0.2, -0.15) is 0 Å². The van der Waals surface area contributed by atoms with Crippen LogP contribution in [0.3, 0.4) is 0 Å². The first-order chi connectivity index (χ1) is 15.3. The van der Waals surface area contributed by atoms with Gasteiger partial charge in [-0.1, -0.05) is 30.3 Å². The normalized spacial score (nSPS) is 21.1. The van der Waals surface area contributed by atoms with Crippen molar-refractivity contribution in [1.82, 2.24) is 10.2 Å². The minimum atomic E-state index is -1.69. The van der Waals surface area contributed by atoms with Crippen molar-refractivity contribution in [2.45, 2.75) is 25.0 Å². The molecule has 0 unspecified atom stereocenters. The maximum absolute atomic E-state index is 13.5. The first kappa shape index (κ1) is 21.8. The predicted molar refractivity (Wildman–Crippen MR) is 107 cm³/mol. The van der Waals surface area contributed by atoms with Gasteiger partial charge in [-0.3, -0.25) is 9.59 Å². The third kappa shape index (κ3) is 4.31. The van der Waals surface area contributed by atoms with E-state index < -0.39 is 41.1 Å². The molecule has 2 aromatic carbocycles. The minimum absolute atomic E-state index is 0.0133. The van der Waals surface area contributed by atoms with Crippen LogP contribution >= 0.6 is 0 Å². The predicted octanol–water partition coefficient (Wildman–Crippen LogP) is 2.91. The number of urea groups is 1. The summed E-state index contributed by atoms with van der Waals surface area (Å²) in [5.74, 6) is -5.69. The van der Waals surface area contributed by atoms with Gasteiger partial charge in [-0.05, 0) is 12.0 Å². The number of imide groups is 1. The fourth-order valence-electron chi connectivity index (χ4n) is 3.81. The Hall–Kier alpha value is -3.40. The maximum atomic E-state index is 13.5. The molecule has 4 rings (SSSR count). The highest BCUT2D eigenvalue weighted by atomic mass is 19.2. The largest absolute Gasteiger partial charge is 0.370 e. The number of nitrogens with one attached hydrogen (secondary N) is 1. The molecule has 2 aliphatic heterocycles. The van der Waals surface area contributed by atoms with Gasteiger partial charge in [0.15, 0.2) is 17.5 Å². The second-order valence-corrected chi connectivity index (χ2v) is 7.55. The van der Waals surface area contributed by atoms with Crippen molar-refractivity contribution in [3.63, 3.8) is 0 Å². The summed E-state index contributed by atoms with van der Waals surface area (Å²) in [6.07, 6.45) is -0.252. The number of hydrogen-bond acceptors (Lipinski definition) is 4. The molecule has 168 valence electrons. The van der Waals surface area contributed by atoms with Crippen molar-refractivity contribution in [2.75, 3.05) is 24.6 Å². The van der Waals surface area contributed by atoms with Crippen LogP contribution in [0.5, 0.6) is 0 Å². The van der Waals surface area contributed by atoms with E-state index in [4.69, 9.17) is 4.74 Å². The lowest BCUT2D eigenvalue weighted by molar-refractivity contribution is -0.139. The molecule has 32 heavy (non-hydrogen) atoms. The van der Waals surface area contributed by atoms with Crippen LogP contribution in [-0.4, -0.2) is 48.5 Å². The molecule has 2 heterocycles. The Morgan fingerprint density at radius 2 is 1.78 bits per heavy atom. The van der Waals surface area contributed by atoms with E-state index >= 15 is 0 Å². The smallest absolute Gasteiger partial charge is 0.329 e. The zero-order chi connectivity index (χ0) is 22.8.